The molecule has 1 heterocycles. The van der Waals surface area contributed by atoms with Crippen molar-refractivity contribution in [3.8, 4) is 0 Å². The third-order valence-electron chi connectivity index (χ3n) is 4.50. The van der Waals surface area contributed by atoms with Gasteiger partial charge in [0.2, 0.25) is 0 Å². The molecule has 1 aliphatic rings. The molecule has 0 saturated heterocycles. The minimum atomic E-state index is 0.225. The van der Waals surface area contributed by atoms with Crippen LogP contribution < -0.4 is 11.3 Å². The summed E-state index contributed by atoms with van der Waals surface area (Å²) in [5.41, 5.74) is 7.32. The monoisotopic (exact) mass is 300 g/mol. The fourth-order valence-electron chi connectivity index (χ4n) is 3.16. The van der Waals surface area contributed by atoms with Crippen LogP contribution in [0.5, 0.6) is 0 Å². The topological polar surface area (TPSA) is 38.0 Å². The molecule has 1 atom stereocenters. The van der Waals surface area contributed by atoms with Crippen LogP contribution in [0.2, 0.25) is 0 Å². The molecule has 3 heteroatoms. The Balaban J connectivity index is 1.82. The minimum Gasteiger partial charge on any atom is -0.271 e. The zero-order valence-corrected chi connectivity index (χ0v) is 13.5. The van der Waals surface area contributed by atoms with Gasteiger partial charge >= 0.3 is 0 Å². The average Bonchev–Trinajstić information content (AvgIpc) is 2.77. The summed E-state index contributed by atoms with van der Waals surface area (Å²) in [7, 11) is 0. The molecule has 0 aliphatic heterocycles. The number of hydrogen-bond donors (Lipinski definition) is 2. The van der Waals surface area contributed by atoms with Gasteiger partial charge in [-0.2, -0.15) is 0 Å². The molecular weight excluding hydrogens is 276 g/mol. The van der Waals surface area contributed by atoms with Crippen molar-refractivity contribution in [3.63, 3.8) is 0 Å². The number of hydrogen-bond acceptors (Lipinski definition) is 3. The molecule has 0 radical (unpaired) electrons. The number of aryl methyl sites for hydroxylation is 3. The predicted octanol–water partition coefficient (Wildman–Crippen LogP) is 4.07. The van der Waals surface area contributed by atoms with E-state index in [1.807, 2.05) is 11.3 Å². The molecule has 0 amide bonds. The maximum Gasteiger partial charge on any atom is 0.0593 e. The summed E-state index contributed by atoms with van der Waals surface area (Å²) in [6.45, 7) is 2.17. The van der Waals surface area contributed by atoms with Crippen LogP contribution in [0.1, 0.15) is 51.7 Å². The van der Waals surface area contributed by atoms with Gasteiger partial charge in [-0.1, -0.05) is 30.7 Å². The van der Waals surface area contributed by atoms with Gasteiger partial charge in [0.05, 0.1) is 6.04 Å². The second kappa shape index (κ2) is 6.73. The summed E-state index contributed by atoms with van der Waals surface area (Å²) in [6.07, 6.45) is 7.50. The standard InChI is InChI=1S/C18H24N2S/c1-13-7-5-6-8-14(13)11-16(20-19)18-12-15-9-3-2-4-10-17(15)21-18/h5-8,12,16,20H,2-4,9-11,19H2,1H3. The minimum absolute atomic E-state index is 0.225. The van der Waals surface area contributed by atoms with Crippen molar-refractivity contribution in [1.82, 2.24) is 5.43 Å². The van der Waals surface area contributed by atoms with Gasteiger partial charge in [0.1, 0.15) is 0 Å². The summed E-state index contributed by atoms with van der Waals surface area (Å²) in [4.78, 5) is 2.99. The lowest BCUT2D eigenvalue weighted by molar-refractivity contribution is 0.559. The number of fused-ring (bicyclic) bond motifs is 1. The highest BCUT2D eigenvalue weighted by atomic mass is 32.1. The smallest absolute Gasteiger partial charge is 0.0593 e. The zero-order chi connectivity index (χ0) is 14.7. The predicted molar refractivity (Wildman–Crippen MR) is 90.5 cm³/mol. The van der Waals surface area contributed by atoms with Crippen LogP contribution in [-0.2, 0) is 19.3 Å². The van der Waals surface area contributed by atoms with E-state index in [4.69, 9.17) is 5.84 Å². The first-order chi connectivity index (χ1) is 10.3. The fourth-order valence-corrected chi connectivity index (χ4v) is 4.48. The third-order valence-corrected chi connectivity index (χ3v) is 5.85. The number of benzene rings is 1. The van der Waals surface area contributed by atoms with Gasteiger partial charge < -0.3 is 0 Å². The van der Waals surface area contributed by atoms with E-state index in [9.17, 15) is 0 Å². The summed E-state index contributed by atoms with van der Waals surface area (Å²) in [5.74, 6) is 5.85. The summed E-state index contributed by atoms with van der Waals surface area (Å²) in [5, 5.41) is 0. The van der Waals surface area contributed by atoms with E-state index >= 15 is 0 Å². The second-order valence-corrected chi connectivity index (χ2v) is 7.18. The molecule has 0 saturated carbocycles. The molecule has 0 fully saturated rings. The average molecular weight is 300 g/mol. The van der Waals surface area contributed by atoms with Crippen LogP contribution in [0.25, 0.3) is 0 Å². The van der Waals surface area contributed by atoms with Crippen molar-refractivity contribution in [3.05, 3.63) is 56.8 Å². The Morgan fingerprint density at radius 3 is 2.81 bits per heavy atom. The lowest BCUT2D eigenvalue weighted by Crippen LogP contribution is -2.29. The number of thiophene rings is 1. The zero-order valence-electron chi connectivity index (χ0n) is 12.7. The molecule has 2 aromatic rings. The maximum absolute atomic E-state index is 5.85. The second-order valence-electron chi connectivity index (χ2n) is 6.01. The van der Waals surface area contributed by atoms with Crippen molar-refractivity contribution in [2.75, 3.05) is 0 Å². The molecule has 112 valence electrons. The Bertz CT molecular complexity index is 580. The van der Waals surface area contributed by atoms with Crippen molar-refractivity contribution >= 4 is 11.3 Å². The fraction of sp³-hybridized carbons (Fsp3) is 0.444. The van der Waals surface area contributed by atoms with E-state index in [2.05, 4.69) is 42.7 Å². The lowest BCUT2D eigenvalue weighted by Gasteiger charge is -2.16. The highest BCUT2D eigenvalue weighted by Gasteiger charge is 2.18. The largest absolute Gasteiger partial charge is 0.271 e. The van der Waals surface area contributed by atoms with E-state index in [1.54, 1.807) is 10.4 Å². The number of nitrogens with two attached hydrogens (primary N) is 1. The third kappa shape index (κ3) is 3.37. The molecule has 3 N–H and O–H groups in total. The van der Waals surface area contributed by atoms with Gasteiger partial charge in [-0.3, -0.25) is 11.3 Å². The van der Waals surface area contributed by atoms with Gasteiger partial charge in [0, 0.05) is 9.75 Å². The van der Waals surface area contributed by atoms with Crippen molar-refractivity contribution in [2.24, 2.45) is 5.84 Å². The van der Waals surface area contributed by atoms with Crippen LogP contribution in [0, 0.1) is 6.92 Å². The molecule has 1 aromatic heterocycles. The Labute approximate surface area is 131 Å². The highest BCUT2D eigenvalue weighted by molar-refractivity contribution is 7.12. The van der Waals surface area contributed by atoms with Crippen molar-refractivity contribution < 1.29 is 0 Å². The molecule has 3 rings (SSSR count). The van der Waals surface area contributed by atoms with Crippen LogP contribution in [0.3, 0.4) is 0 Å². The maximum atomic E-state index is 5.85. The first kappa shape index (κ1) is 14.8. The van der Waals surface area contributed by atoms with E-state index in [1.165, 1.54) is 48.1 Å². The quantitative estimate of drug-likeness (QED) is 0.507. The molecule has 0 bridgehead atoms. The van der Waals surface area contributed by atoms with Gasteiger partial charge in [0.25, 0.3) is 0 Å². The first-order valence-electron chi connectivity index (χ1n) is 7.90. The van der Waals surface area contributed by atoms with Crippen molar-refractivity contribution in [2.45, 2.75) is 51.5 Å². The Morgan fingerprint density at radius 2 is 2.00 bits per heavy atom. The van der Waals surface area contributed by atoms with Crippen molar-refractivity contribution in [1.29, 1.82) is 0 Å². The Morgan fingerprint density at radius 1 is 1.19 bits per heavy atom. The molecule has 0 spiro atoms. The van der Waals surface area contributed by atoms with Crippen LogP contribution in [0.4, 0.5) is 0 Å². The SMILES string of the molecule is Cc1ccccc1CC(NN)c1cc2c(s1)CCCCC2. The van der Waals surface area contributed by atoms with E-state index in [-0.39, 0.29) is 6.04 Å². The van der Waals surface area contributed by atoms with E-state index < -0.39 is 0 Å². The van der Waals surface area contributed by atoms with E-state index in [0.717, 1.165) is 6.42 Å². The van der Waals surface area contributed by atoms with E-state index in [0.29, 0.717) is 0 Å². The van der Waals surface area contributed by atoms with Crippen LogP contribution >= 0.6 is 11.3 Å². The molecule has 1 unspecified atom stereocenters. The number of nitrogens with one attached hydrogen (secondary N) is 1. The first-order valence-corrected chi connectivity index (χ1v) is 8.71. The van der Waals surface area contributed by atoms with Crippen LogP contribution in [0.15, 0.2) is 30.3 Å². The van der Waals surface area contributed by atoms with Gasteiger partial charge in [-0.05, 0) is 61.8 Å². The molecule has 1 aromatic carbocycles. The number of hydrazine groups is 1. The van der Waals surface area contributed by atoms with Gasteiger partial charge in [-0.15, -0.1) is 11.3 Å². The summed E-state index contributed by atoms with van der Waals surface area (Å²) >= 11 is 1.96. The van der Waals surface area contributed by atoms with Gasteiger partial charge in [-0.25, -0.2) is 0 Å². The molecular formula is C18H24N2S. The summed E-state index contributed by atoms with van der Waals surface area (Å²) < 4.78 is 0. The van der Waals surface area contributed by atoms with Crippen LogP contribution in [-0.4, -0.2) is 0 Å². The lowest BCUT2D eigenvalue weighted by atomic mass is 10.00. The molecule has 21 heavy (non-hydrogen) atoms. The normalized spacial score (nSPS) is 16.3. The molecule has 1 aliphatic carbocycles. The van der Waals surface area contributed by atoms with Gasteiger partial charge in [0.15, 0.2) is 0 Å². The number of rotatable bonds is 4. The highest BCUT2D eigenvalue weighted by Crippen LogP contribution is 2.33. The summed E-state index contributed by atoms with van der Waals surface area (Å²) in [6, 6.07) is 11.2. The Kier molecular flexibility index (Phi) is 4.73. The Hall–Kier alpha value is -1.16. The molecule has 2 nitrogen and oxygen atoms in total.